The third-order valence-electron chi connectivity index (χ3n) is 2.34. The SMILES string of the molecule is O=C(NCCO)c1cccc(Nc2ncccn2)c1. The molecule has 6 heteroatoms. The molecule has 0 atom stereocenters. The molecule has 98 valence electrons. The van der Waals surface area contributed by atoms with Crippen molar-refractivity contribution in [3.8, 4) is 0 Å². The number of rotatable bonds is 5. The molecule has 19 heavy (non-hydrogen) atoms. The van der Waals surface area contributed by atoms with Crippen LogP contribution in [-0.4, -0.2) is 34.1 Å². The summed E-state index contributed by atoms with van der Waals surface area (Å²) in [7, 11) is 0. The van der Waals surface area contributed by atoms with Crippen LogP contribution in [0.25, 0.3) is 0 Å². The second-order valence-corrected chi connectivity index (χ2v) is 3.76. The van der Waals surface area contributed by atoms with Crippen molar-refractivity contribution in [2.45, 2.75) is 0 Å². The van der Waals surface area contributed by atoms with Gasteiger partial charge in [0.15, 0.2) is 0 Å². The minimum Gasteiger partial charge on any atom is -0.395 e. The summed E-state index contributed by atoms with van der Waals surface area (Å²) in [6, 6.07) is 8.70. The van der Waals surface area contributed by atoms with Crippen LogP contribution in [0.5, 0.6) is 0 Å². The molecule has 0 spiro atoms. The van der Waals surface area contributed by atoms with Crippen molar-refractivity contribution in [2.75, 3.05) is 18.5 Å². The van der Waals surface area contributed by atoms with Crippen molar-refractivity contribution in [3.63, 3.8) is 0 Å². The predicted octanol–water partition coefficient (Wildman–Crippen LogP) is 0.942. The molecule has 0 fully saturated rings. The van der Waals surface area contributed by atoms with E-state index < -0.39 is 0 Å². The van der Waals surface area contributed by atoms with Gasteiger partial charge < -0.3 is 15.7 Å². The second kappa shape index (κ2) is 6.46. The van der Waals surface area contributed by atoms with Crippen LogP contribution in [0.15, 0.2) is 42.7 Å². The summed E-state index contributed by atoms with van der Waals surface area (Å²) >= 11 is 0. The molecule has 2 aromatic rings. The van der Waals surface area contributed by atoms with E-state index in [0.717, 1.165) is 5.69 Å². The summed E-state index contributed by atoms with van der Waals surface area (Å²) < 4.78 is 0. The molecule has 0 bridgehead atoms. The zero-order valence-corrected chi connectivity index (χ0v) is 10.2. The summed E-state index contributed by atoms with van der Waals surface area (Å²) in [4.78, 5) is 19.8. The number of aliphatic hydroxyl groups is 1. The van der Waals surface area contributed by atoms with E-state index in [-0.39, 0.29) is 19.1 Å². The Labute approximate surface area is 110 Å². The molecule has 0 saturated heterocycles. The Balaban J connectivity index is 2.09. The first-order valence-corrected chi connectivity index (χ1v) is 5.83. The van der Waals surface area contributed by atoms with Gasteiger partial charge in [0.25, 0.3) is 5.91 Å². The van der Waals surface area contributed by atoms with Crippen molar-refractivity contribution in [1.82, 2.24) is 15.3 Å². The minimum atomic E-state index is -0.230. The highest BCUT2D eigenvalue weighted by molar-refractivity contribution is 5.95. The van der Waals surface area contributed by atoms with Gasteiger partial charge in [-0.25, -0.2) is 9.97 Å². The maximum atomic E-state index is 11.7. The van der Waals surface area contributed by atoms with E-state index in [4.69, 9.17) is 5.11 Å². The number of nitrogens with one attached hydrogen (secondary N) is 2. The molecule has 0 saturated carbocycles. The number of carbonyl (C=O) groups excluding carboxylic acids is 1. The Morgan fingerprint density at radius 1 is 1.21 bits per heavy atom. The van der Waals surface area contributed by atoms with Crippen LogP contribution in [0.4, 0.5) is 11.6 Å². The van der Waals surface area contributed by atoms with Crippen LogP contribution in [0.1, 0.15) is 10.4 Å². The molecule has 6 nitrogen and oxygen atoms in total. The molecule has 2 rings (SSSR count). The number of amides is 1. The number of anilines is 2. The zero-order chi connectivity index (χ0) is 13.5. The lowest BCUT2D eigenvalue weighted by Crippen LogP contribution is -2.26. The number of hydrogen-bond acceptors (Lipinski definition) is 5. The van der Waals surface area contributed by atoms with Crippen LogP contribution in [0.2, 0.25) is 0 Å². The first-order chi connectivity index (χ1) is 9.29. The fourth-order valence-corrected chi connectivity index (χ4v) is 1.50. The maximum absolute atomic E-state index is 11.7. The molecule has 3 N–H and O–H groups in total. The summed E-state index contributed by atoms with van der Waals surface area (Å²) in [6.45, 7) is 0.153. The molecule has 1 heterocycles. The van der Waals surface area contributed by atoms with E-state index in [2.05, 4.69) is 20.6 Å². The molecule has 1 amide bonds. The Kier molecular flexibility index (Phi) is 4.41. The Hall–Kier alpha value is -2.47. The van der Waals surface area contributed by atoms with Crippen molar-refractivity contribution in [1.29, 1.82) is 0 Å². The third-order valence-corrected chi connectivity index (χ3v) is 2.34. The minimum absolute atomic E-state index is 0.0818. The van der Waals surface area contributed by atoms with Crippen LogP contribution >= 0.6 is 0 Å². The average Bonchev–Trinajstić information content (AvgIpc) is 2.46. The van der Waals surface area contributed by atoms with Crippen LogP contribution < -0.4 is 10.6 Å². The molecule has 1 aromatic carbocycles. The number of aliphatic hydroxyl groups excluding tert-OH is 1. The van der Waals surface area contributed by atoms with Crippen molar-refractivity contribution >= 4 is 17.5 Å². The summed E-state index contributed by atoms with van der Waals surface area (Å²) in [5.74, 6) is 0.238. The molecule has 0 unspecified atom stereocenters. The van der Waals surface area contributed by atoms with Crippen molar-refractivity contribution < 1.29 is 9.90 Å². The molecule has 0 aliphatic carbocycles. The third kappa shape index (κ3) is 3.75. The van der Waals surface area contributed by atoms with Gasteiger partial charge in [-0.15, -0.1) is 0 Å². The summed E-state index contributed by atoms with van der Waals surface area (Å²) in [5, 5.41) is 14.3. The molecule has 1 aromatic heterocycles. The average molecular weight is 258 g/mol. The maximum Gasteiger partial charge on any atom is 0.251 e. The van der Waals surface area contributed by atoms with Crippen LogP contribution in [0, 0.1) is 0 Å². The van der Waals surface area contributed by atoms with Gasteiger partial charge in [-0.3, -0.25) is 4.79 Å². The van der Waals surface area contributed by atoms with Gasteiger partial charge in [-0.1, -0.05) is 6.07 Å². The lowest BCUT2D eigenvalue weighted by Gasteiger charge is -2.07. The van der Waals surface area contributed by atoms with Gasteiger partial charge in [0.2, 0.25) is 5.95 Å². The van der Waals surface area contributed by atoms with E-state index in [1.807, 2.05) is 6.07 Å². The fourth-order valence-electron chi connectivity index (χ4n) is 1.50. The lowest BCUT2D eigenvalue weighted by molar-refractivity contribution is 0.0945. The number of carbonyl (C=O) groups is 1. The summed E-state index contributed by atoms with van der Waals surface area (Å²) in [6.07, 6.45) is 3.26. The highest BCUT2D eigenvalue weighted by atomic mass is 16.3. The van der Waals surface area contributed by atoms with Gasteiger partial charge in [0.1, 0.15) is 0 Å². The summed E-state index contributed by atoms with van der Waals surface area (Å²) in [5.41, 5.74) is 1.23. The van der Waals surface area contributed by atoms with Gasteiger partial charge in [-0.2, -0.15) is 0 Å². The lowest BCUT2D eigenvalue weighted by atomic mass is 10.2. The molecule has 0 aliphatic heterocycles. The Morgan fingerprint density at radius 3 is 2.74 bits per heavy atom. The number of aromatic nitrogens is 2. The molecule has 0 radical (unpaired) electrons. The van der Waals surface area contributed by atoms with Crippen LogP contribution in [-0.2, 0) is 0 Å². The van der Waals surface area contributed by atoms with E-state index in [1.54, 1.807) is 36.7 Å². The smallest absolute Gasteiger partial charge is 0.251 e. The number of benzene rings is 1. The molecular formula is C13H14N4O2. The fraction of sp³-hybridized carbons (Fsp3) is 0.154. The Bertz CT molecular complexity index is 545. The topological polar surface area (TPSA) is 87.1 Å². The van der Waals surface area contributed by atoms with Gasteiger partial charge in [-0.05, 0) is 24.3 Å². The van der Waals surface area contributed by atoms with Gasteiger partial charge >= 0.3 is 0 Å². The predicted molar refractivity (Wildman–Crippen MR) is 71.2 cm³/mol. The largest absolute Gasteiger partial charge is 0.395 e. The Morgan fingerprint density at radius 2 is 2.00 bits per heavy atom. The van der Waals surface area contributed by atoms with Gasteiger partial charge in [0, 0.05) is 30.2 Å². The second-order valence-electron chi connectivity index (χ2n) is 3.76. The van der Waals surface area contributed by atoms with E-state index in [1.165, 1.54) is 0 Å². The van der Waals surface area contributed by atoms with Crippen molar-refractivity contribution in [2.24, 2.45) is 0 Å². The zero-order valence-electron chi connectivity index (χ0n) is 10.2. The normalized spacial score (nSPS) is 9.95. The standard InChI is InChI=1S/C13H14N4O2/c18-8-7-14-12(19)10-3-1-4-11(9-10)17-13-15-5-2-6-16-13/h1-6,9,18H,7-8H2,(H,14,19)(H,15,16,17). The highest BCUT2D eigenvalue weighted by Crippen LogP contribution is 2.14. The number of hydrogen-bond donors (Lipinski definition) is 3. The molecule has 0 aliphatic rings. The van der Waals surface area contributed by atoms with E-state index in [0.29, 0.717) is 11.5 Å². The van der Waals surface area contributed by atoms with Crippen LogP contribution in [0.3, 0.4) is 0 Å². The van der Waals surface area contributed by atoms with E-state index in [9.17, 15) is 4.79 Å². The highest BCUT2D eigenvalue weighted by Gasteiger charge is 2.05. The first-order valence-electron chi connectivity index (χ1n) is 5.83. The van der Waals surface area contributed by atoms with Gasteiger partial charge in [0.05, 0.1) is 6.61 Å². The number of nitrogens with zero attached hydrogens (tertiary/aromatic N) is 2. The first kappa shape index (κ1) is 13.0. The monoisotopic (exact) mass is 258 g/mol. The van der Waals surface area contributed by atoms with E-state index >= 15 is 0 Å². The molecular weight excluding hydrogens is 244 g/mol. The van der Waals surface area contributed by atoms with Crippen molar-refractivity contribution in [3.05, 3.63) is 48.3 Å². The quantitative estimate of drug-likeness (QED) is 0.743.